The molecule has 0 aliphatic carbocycles. The second-order valence-corrected chi connectivity index (χ2v) is 22.5. The Kier molecular flexibility index (Phi) is 13.4. The Morgan fingerprint density at radius 1 is 0.436 bits per heavy atom. The van der Waals surface area contributed by atoms with Crippen LogP contribution in [-0.2, 0) is 40.5 Å². The first-order chi connectivity index (χ1) is 25.3. The van der Waals surface area contributed by atoms with E-state index in [9.17, 15) is 51.9 Å². The number of hydrogen-bond acceptors (Lipinski definition) is 12. The molecular formula is C33H38O16P2S4. The molecule has 4 rings (SSSR count). The van der Waals surface area contributed by atoms with E-state index in [4.69, 9.17) is 18.9 Å². The minimum absolute atomic E-state index is 0.0400. The number of benzene rings is 4. The zero-order chi connectivity index (χ0) is 41.3. The molecule has 0 atom stereocenters. The van der Waals surface area contributed by atoms with Crippen molar-refractivity contribution in [3.8, 4) is 23.0 Å². The molecule has 0 unspecified atom stereocenters. The van der Waals surface area contributed by atoms with Crippen LogP contribution < -0.4 is 40.2 Å². The average molecular weight is 881 g/mol. The van der Waals surface area contributed by atoms with Crippen molar-refractivity contribution in [2.75, 3.05) is 40.8 Å². The molecule has 0 bridgehead atoms. The maximum Gasteiger partial charge on any atom is 0.294 e. The van der Waals surface area contributed by atoms with Gasteiger partial charge in [0.2, 0.25) is 0 Å². The van der Waals surface area contributed by atoms with Crippen LogP contribution in [0.3, 0.4) is 0 Å². The molecule has 0 heterocycles. The number of ether oxygens (including phenoxy) is 4. The Balaban J connectivity index is 2.07. The first kappa shape index (κ1) is 44.3. The molecule has 4 aromatic carbocycles. The van der Waals surface area contributed by atoms with E-state index in [1.165, 1.54) is 77.0 Å². The Morgan fingerprint density at radius 2 is 0.636 bits per heavy atom. The lowest BCUT2D eigenvalue weighted by Crippen LogP contribution is -2.31. The van der Waals surface area contributed by atoms with E-state index in [0.29, 0.717) is 0 Å². The zero-order valence-corrected chi connectivity index (χ0v) is 35.1. The fourth-order valence-corrected chi connectivity index (χ4v) is 14.3. The van der Waals surface area contributed by atoms with E-state index >= 15 is 0 Å². The van der Waals surface area contributed by atoms with Crippen molar-refractivity contribution in [1.29, 1.82) is 0 Å². The van der Waals surface area contributed by atoms with Crippen molar-refractivity contribution in [3.63, 3.8) is 0 Å². The Labute approximate surface area is 322 Å². The van der Waals surface area contributed by atoms with Gasteiger partial charge >= 0.3 is 0 Å². The topological polar surface area (TPSA) is 254 Å². The largest absolute Gasteiger partial charge is 0.496 e. The van der Waals surface area contributed by atoms with Gasteiger partial charge in [-0.25, -0.2) is 0 Å². The van der Waals surface area contributed by atoms with Crippen molar-refractivity contribution in [2.24, 2.45) is 5.41 Å². The van der Waals surface area contributed by atoms with Gasteiger partial charge < -0.3 is 18.9 Å². The lowest BCUT2D eigenvalue weighted by Gasteiger charge is -2.36. The molecule has 22 heteroatoms. The van der Waals surface area contributed by atoms with Gasteiger partial charge in [-0.3, -0.25) is 18.2 Å². The summed E-state index contributed by atoms with van der Waals surface area (Å²) in [5.74, 6) is 0.615. The zero-order valence-electron chi connectivity index (χ0n) is 30.1. The lowest BCUT2D eigenvalue weighted by molar-refractivity contribution is 0.416. The Hall–Kier alpha value is -3.42. The van der Waals surface area contributed by atoms with E-state index in [-0.39, 0.29) is 56.5 Å². The molecule has 0 saturated carbocycles. The van der Waals surface area contributed by atoms with E-state index in [1.54, 1.807) is 13.8 Å². The van der Waals surface area contributed by atoms with Crippen molar-refractivity contribution < 1.29 is 70.8 Å². The molecule has 300 valence electrons. The molecule has 55 heavy (non-hydrogen) atoms. The summed E-state index contributed by atoms with van der Waals surface area (Å²) in [7, 11) is -17.8. The van der Waals surface area contributed by atoms with Crippen LogP contribution in [0, 0.1) is 5.41 Å². The van der Waals surface area contributed by atoms with Gasteiger partial charge in [-0.05, 0) is 106 Å². The van der Waals surface area contributed by atoms with E-state index in [0.717, 1.165) is 24.3 Å². The summed E-state index contributed by atoms with van der Waals surface area (Å²) in [5.41, 5.74) is -0.992. The third-order valence-electron chi connectivity index (χ3n) is 8.13. The monoisotopic (exact) mass is 880 g/mol. The maximum atomic E-state index is 12.4. The highest BCUT2D eigenvalue weighted by Crippen LogP contribution is 2.52. The van der Waals surface area contributed by atoms with Crippen LogP contribution in [0.1, 0.15) is 13.8 Å². The molecule has 0 amide bonds. The molecule has 0 fully saturated rings. The summed E-state index contributed by atoms with van der Waals surface area (Å²) in [6, 6.07) is 14.4. The summed E-state index contributed by atoms with van der Waals surface area (Å²) >= 11 is 0. The summed E-state index contributed by atoms with van der Waals surface area (Å²) in [6.45, 7) is 3.57. The van der Waals surface area contributed by atoms with Crippen LogP contribution >= 0.6 is 15.8 Å². The lowest BCUT2D eigenvalue weighted by atomic mass is 10.00. The fraction of sp³-hybridized carbons (Fsp3) is 0.273. The van der Waals surface area contributed by atoms with Gasteiger partial charge in [0, 0.05) is 21.2 Å². The predicted octanol–water partition coefficient (Wildman–Crippen LogP) is 3.30. The van der Waals surface area contributed by atoms with Crippen molar-refractivity contribution in [1.82, 2.24) is 0 Å². The van der Waals surface area contributed by atoms with Crippen molar-refractivity contribution >= 4 is 77.5 Å². The minimum atomic E-state index is -4.77. The van der Waals surface area contributed by atoms with Crippen LogP contribution in [0.2, 0.25) is 0 Å². The molecular weight excluding hydrogens is 843 g/mol. The van der Waals surface area contributed by atoms with Crippen LogP contribution in [-0.4, -0.2) is 92.6 Å². The first-order valence-corrected chi connectivity index (χ1v) is 24.3. The highest BCUT2D eigenvalue weighted by molar-refractivity contribution is 7.86. The Bertz CT molecular complexity index is 2200. The number of hydrogen-bond donors (Lipinski definition) is 4. The SMILES string of the molecule is COc1ccc(S(=O)(=O)O)cc1P(CC(C)(C)CP(c1cc(S(=O)(=O)O)ccc1OC)c1cc(S(=O)(=O)O)ccc1OC)c1cc(S(=O)(=O)O)ccc1OC. The third-order valence-corrected chi connectivity index (χ3v) is 17.6. The van der Waals surface area contributed by atoms with E-state index in [1.807, 2.05) is 0 Å². The molecule has 0 saturated heterocycles. The fourth-order valence-electron chi connectivity index (χ4n) is 5.67. The van der Waals surface area contributed by atoms with Crippen LogP contribution in [0.4, 0.5) is 0 Å². The Morgan fingerprint density at radius 3 is 0.800 bits per heavy atom. The summed E-state index contributed by atoms with van der Waals surface area (Å²) in [6.07, 6.45) is 0.0801. The second-order valence-electron chi connectivity index (χ2n) is 12.6. The summed E-state index contributed by atoms with van der Waals surface area (Å²) in [5, 5.41) is 0.862. The molecule has 0 aliphatic heterocycles. The molecule has 0 aromatic heterocycles. The predicted molar refractivity (Wildman–Crippen MR) is 207 cm³/mol. The summed E-state index contributed by atoms with van der Waals surface area (Å²) < 4.78 is 161. The number of rotatable bonds is 16. The maximum absolute atomic E-state index is 12.4. The second kappa shape index (κ2) is 16.6. The molecule has 16 nitrogen and oxygen atoms in total. The van der Waals surface area contributed by atoms with Gasteiger partial charge in [0.25, 0.3) is 40.5 Å². The van der Waals surface area contributed by atoms with Gasteiger partial charge in [-0.15, -0.1) is 0 Å². The number of methoxy groups -OCH3 is 4. The van der Waals surface area contributed by atoms with Crippen molar-refractivity contribution in [2.45, 2.75) is 33.4 Å². The standard InChI is InChI=1S/C33H38O16P2S4/c1-33(2,19-50(29-15-21(52(34,35)36)7-11-25(29)46-3)30-16-22(53(37,38)39)8-12-26(30)47-4)20-51(31-17-23(54(40,41)42)9-13-27(31)48-5)32-18-24(55(43,44)45)10-14-28(32)49-6/h7-18H,19-20H2,1-6H3,(H,34,35,36)(H,37,38,39)(H,40,41,42)(H,43,44,45). The van der Waals surface area contributed by atoms with Gasteiger partial charge in [0.05, 0.1) is 48.0 Å². The minimum Gasteiger partial charge on any atom is -0.496 e. The highest BCUT2D eigenvalue weighted by atomic mass is 32.2. The van der Waals surface area contributed by atoms with Gasteiger partial charge in [-0.2, -0.15) is 33.7 Å². The molecule has 4 aromatic rings. The highest BCUT2D eigenvalue weighted by Gasteiger charge is 2.36. The smallest absolute Gasteiger partial charge is 0.294 e. The van der Waals surface area contributed by atoms with Crippen LogP contribution in [0.15, 0.2) is 92.4 Å². The third kappa shape index (κ3) is 10.5. The van der Waals surface area contributed by atoms with Crippen LogP contribution in [0.25, 0.3) is 0 Å². The van der Waals surface area contributed by atoms with Crippen molar-refractivity contribution in [3.05, 3.63) is 72.8 Å². The quantitative estimate of drug-likeness (QED) is 0.0930. The molecule has 0 radical (unpaired) electrons. The van der Waals surface area contributed by atoms with E-state index < -0.39 is 81.3 Å². The first-order valence-electron chi connectivity index (χ1n) is 15.5. The summed E-state index contributed by atoms with van der Waals surface area (Å²) in [4.78, 5) is -2.00. The molecule has 0 spiro atoms. The molecule has 4 N–H and O–H groups in total. The van der Waals surface area contributed by atoms with Gasteiger partial charge in [0.15, 0.2) is 0 Å². The van der Waals surface area contributed by atoms with E-state index in [2.05, 4.69) is 0 Å². The normalized spacial score (nSPS) is 12.9. The molecule has 0 aliphatic rings. The van der Waals surface area contributed by atoms with Crippen LogP contribution in [0.5, 0.6) is 23.0 Å². The van der Waals surface area contributed by atoms with Gasteiger partial charge in [0.1, 0.15) is 23.0 Å². The average Bonchev–Trinajstić information content (AvgIpc) is 3.10. The van der Waals surface area contributed by atoms with Gasteiger partial charge in [-0.1, -0.05) is 13.8 Å².